The van der Waals surface area contributed by atoms with Crippen LogP contribution in [0.5, 0.6) is 0 Å². The summed E-state index contributed by atoms with van der Waals surface area (Å²) < 4.78 is 0. The van der Waals surface area contributed by atoms with E-state index in [9.17, 15) is 0 Å². The highest BCUT2D eigenvalue weighted by Crippen LogP contribution is 2.20. The van der Waals surface area contributed by atoms with E-state index in [-0.39, 0.29) is 24.0 Å². The molecular formula is C18H34IN5S. The molecule has 2 heterocycles. The Labute approximate surface area is 174 Å². The molecule has 1 aliphatic heterocycles. The van der Waals surface area contributed by atoms with Crippen LogP contribution >= 0.6 is 35.3 Å². The van der Waals surface area contributed by atoms with Gasteiger partial charge in [-0.05, 0) is 44.6 Å². The third kappa shape index (κ3) is 8.68. The molecule has 2 N–H and O–H groups in total. The molecule has 1 aromatic rings. The molecule has 7 heteroatoms. The van der Waals surface area contributed by atoms with Crippen molar-refractivity contribution < 1.29 is 0 Å². The topological polar surface area (TPSA) is 52.6 Å². The number of piperidine rings is 1. The lowest BCUT2D eigenvalue weighted by Crippen LogP contribution is -2.40. The average molecular weight is 479 g/mol. The standard InChI is InChI=1S/C18H33N5S.HI/c1-14-9-15(2)13-23(12-14)8-6-5-7-20-18(19-4)22-11-17-21-10-16(3)24-17;/h10,14-15H,5-9,11-13H2,1-4H3,(H2,19,20,22);1H. The van der Waals surface area contributed by atoms with Gasteiger partial charge in [0.05, 0.1) is 6.54 Å². The van der Waals surface area contributed by atoms with Crippen molar-refractivity contribution >= 4 is 41.3 Å². The number of guanidine groups is 1. The van der Waals surface area contributed by atoms with Crippen LogP contribution in [0.4, 0.5) is 0 Å². The van der Waals surface area contributed by atoms with Crippen LogP contribution in [0.1, 0.15) is 43.0 Å². The average Bonchev–Trinajstić information content (AvgIpc) is 2.94. The van der Waals surface area contributed by atoms with Crippen LogP contribution in [0.15, 0.2) is 11.2 Å². The first kappa shape index (κ1) is 22.6. The smallest absolute Gasteiger partial charge is 0.191 e. The van der Waals surface area contributed by atoms with Crippen molar-refractivity contribution in [2.24, 2.45) is 16.8 Å². The number of rotatable bonds is 7. The Bertz CT molecular complexity index is 509. The van der Waals surface area contributed by atoms with Gasteiger partial charge in [0.1, 0.15) is 5.01 Å². The van der Waals surface area contributed by atoms with Gasteiger partial charge in [0.25, 0.3) is 0 Å². The van der Waals surface area contributed by atoms with Crippen LogP contribution in [0.2, 0.25) is 0 Å². The second-order valence-electron chi connectivity index (χ2n) is 7.13. The zero-order chi connectivity index (χ0) is 17.4. The Morgan fingerprint density at radius 1 is 1.28 bits per heavy atom. The lowest BCUT2D eigenvalue weighted by molar-refractivity contribution is 0.139. The number of unbranched alkanes of at least 4 members (excludes halogenated alkanes) is 1. The molecule has 2 rings (SSSR count). The minimum Gasteiger partial charge on any atom is -0.356 e. The summed E-state index contributed by atoms with van der Waals surface area (Å²) in [5, 5.41) is 7.83. The number of hydrogen-bond acceptors (Lipinski definition) is 4. The highest BCUT2D eigenvalue weighted by molar-refractivity contribution is 14.0. The predicted octanol–water partition coefficient (Wildman–Crippen LogP) is 3.49. The molecule has 1 fully saturated rings. The highest BCUT2D eigenvalue weighted by Gasteiger charge is 2.20. The van der Waals surface area contributed by atoms with E-state index in [1.165, 1.54) is 43.8 Å². The minimum absolute atomic E-state index is 0. The molecule has 0 radical (unpaired) electrons. The number of hydrogen-bond donors (Lipinski definition) is 2. The fourth-order valence-corrected chi connectivity index (χ4v) is 4.23. The molecule has 0 saturated carbocycles. The molecule has 0 aromatic carbocycles. The lowest BCUT2D eigenvalue weighted by Gasteiger charge is -2.34. The fourth-order valence-electron chi connectivity index (χ4n) is 3.50. The summed E-state index contributed by atoms with van der Waals surface area (Å²) in [5.41, 5.74) is 0. The van der Waals surface area contributed by atoms with Crippen LogP contribution < -0.4 is 10.6 Å². The number of nitrogens with zero attached hydrogens (tertiary/aromatic N) is 3. The SMILES string of the molecule is CN=C(NCCCCN1CC(C)CC(C)C1)NCc1ncc(C)s1.I. The van der Waals surface area contributed by atoms with E-state index in [0.29, 0.717) is 0 Å². The van der Waals surface area contributed by atoms with E-state index in [0.717, 1.165) is 35.9 Å². The second kappa shape index (κ2) is 12.1. The zero-order valence-corrected chi connectivity index (χ0v) is 19.2. The van der Waals surface area contributed by atoms with E-state index in [4.69, 9.17) is 0 Å². The Balaban J connectivity index is 0.00000312. The summed E-state index contributed by atoms with van der Waals surface area (Å²) in [7, 11) is 1.82. The normalized spacial score (nSPS) is 21.7. The molecule has 0 spiro atoms. The molecular weight excluding hydrogens is 445 g/mol. The summed E-state index contributed by atoms with van der Waals surface area (Å²) >= 11 is 1.73. The first-order valence-corrected chi connectivity index (χ1v) is 9.96. The van der Waals surface area contributed by atoms with Gasteiger partial charge in [0, 0.05) is 37.8 Å². The fraction of sp³-hybridized carbons (Fsp3) is 0.778. The maximum absolute atomic E-state index is 4.36. The van der Waals surface area contributed by atoms with Crippen LogP contribution in [0.3, 0.4) is 0 Å². The van der Waals surface area contributed by atoms with E-state index >= 15 is 0 Å². The van der Waals surface area contributed by atoms with E-state index in [2.05, 4.69) is 46.3 Å². The first-order valence-electron chi connectivity index (χ1n) is 9.15. The monoisotopic (exact) mass is 479 g/mol. The van der Waals surface area contributed by atoms with Gasteiger partial charge >= 0.3 is 0 Å². The summed E-state index contributed by atoms with van der Waals surface area (Å²) in [4.78, 5) is 12.5. The van der Waals surface area contributed by atoms with Gasteiger partial charge in [-0.1, -0.05) is 13.8 Å². The molecule has 2 atom stereocenters. The predicted molar refractivity (Wildman–Crippen MR) is 119 cm³/mol. The van der Waals surface area contributed by atoms with Crippen molar-refractivity contribution in [1.82, 2.24) is 20.5 Å². The van der Waals surface area contributed by atoms with Gasteiger partial charge in [-0.15, -0.1) is 35.3 Å². The van der Waals surface area contributed by atoms with Crippen molar-refractivity contribution in [3.63, 3.8) is 0 Å². The van der Waals surface area contributed by atoms with Crippen molar-refractivity contribution in [2.45, 2.75) is 46.6 Å². The summed E-state index contributed by atoms with van der Waals surface area (Å²) in [6.45, 7) is 12.3. The number of thiazole rings is 1. The summed E-state index contributed by atoms with van der Waals surface area (Å²) in [6, 6.07) is 0. The van der Waals surface area contributed by atoms with Gasteiger partial charge < -0.3 is 15.5 Å². The van der Waals surface area contributed by atoms with Crippen molar-refractivity contribution in [3.05, 3.63) is 16.1 Å². The van der Waals surface area contributed by atoms with Crippen LogP contribution in [-0.4, -0.2) is 49.1 Å². The molecule has 1 saturated heterocycles. The summed E-state index contributed by atoms with van der Waals surface area (Å²) in [6.07, 6.45) is 5.73. The Morgan fingerprint density at radius 2 is 2.00 bits per heavy atom. The van der Waals surface area contributed by atoms with Gasteiger partial charge in [0.2, 0.25) is 0 Å². The van der Waals surface area contributed by atoms with Crippen LogP contribution in [0.25, 0.3) is 0 Å². The first-order chi connectivity index (χ1) is 11.6. The van der Waals surface area contributed by atoms with E-state index in [1.54, 1.807) is 11.3 Å². The van der Waals surface area contributed by atoms with Crippen molar-refractivity contribution in [3.8, 4) is 0 Å². The molecule has 1 aliphatic rings. The molecule has 0 amide bonds. The lowest BCUT2D eigenvalue weighted by atomic mass is 9.92. The van der Waals surface area contributed by atoms with Gasteiger partial charge in [-0.25, -0.2) is 4.98 Å². The Hall–Kier alpha value is -0.410. The molecule has 144 valence electrons. The highest BCUT2D eigenvalue weighted by atomic mass is 127. The van der Waals surface area contributed by atoms with E-state index in [1.807, 2.05) is 13.2 Å². The maximum Gasteiger partial charge on any atom is 0.191 e. The van der Waals surface area contributed by atoms with E-state index < -0.39 is 0 Å². The van der Waals surface area contributed by atoms with Gasteiger partial charge in [-0.2, -0.15) is 0 Å². The molecule has 2 unspecified atom stereocenters. The number of aryl methyl sites for hydroxylation is 1. The van der Waals surface area contributed by atoms with Crippen molar-refractivity contribution in [2.75, 3.05) is 33.2 Å². The zero-order valence-electron chi connectivity index (χ0n) is 16.0. The van der Waals surface area contributed by atoms with Crippen LogP contribution in [0, 0.1) is 18.8 Å². The second-order valence-corrected chi connectivity index (χ2v) is 8.45. The third-order valence-corrected chi connectivity index (χ3v) is 5.35. The number of aliphatic imine (C=N–C) groups is 1. The Morgan fingerprint density at radius 3 is 2.60 bits per heavy atom. The number of aromatic nitrogens is 1. The maximum atomic E-state index is 4.36. The number of likely N-dealkylation sites (tertiary alicyclic amines) is 1. The number of halogens is 1. The largest absolute Gasteiger partial charge is 0.356 e. The molecule has 1 aromatic heterocycles. The summed E-state index contributed by atoms with van der Waals surface area (Å²) in [5.74, 6) is 2.57. The van der Waals surface area contributed by atoms with Crippen molar-refractivity contribution in [1.29, 1.82) is 0 Å². The minimum atomic E-state index is 0. The van der Waals surface area contributed by atoms with Gasteiger partial charge in [-0.3, -0.25) is 4.99 Å². The molecule has 5 nitrogen and oxygen atoms in total. The van der Waals surface area contributed by atoms with Gasteiger partial charge in [0.15, 0.2) is 5.96 Å². The molecule has 25 heavy (non-hydrogen) atoms. The molecule has 0 bridgehead atoms. The van der Waals surface area contributed by atoms with Crippen LogP contribution in [-0.2, 0) is 6.54 Å². The Kier molecular flexibility index (Phi) is 10.9. The quantitative estimate of drug-likeness (QED) is 0.272. The molecule has 0 aliphatic carbocycles. The third-order valence-electron chi connectivity index (χ3n) is 4.44. The number of nitrogens with one attached hydrogen (secondary N) is 2.